The predicted octanol–water partition coefficient (Wildman–Crippen LogP) is 2.46. The van der Waals surface area contributed by atoms with Crippen molar-refractivity contribution in [3.05, 3.63) is 24.0 Å². The summed E-state index contributed by atoms with van der Waals surface area (Å²) < 4.78 is 24.3. The van der Waals surface area contributed by atoms with Crippen molar-refractivity contribution >= 4 is 6.09 Å². The SMILES string of the molecule is CC(C)(C)OC(=O)N1CCN(CCOc2cccc(O)c2F)CC1. The van der Waals surface area contributed by atoms with Crippen molar-refractivity contribution in [2.24, 2.45) is 0 Å². The van der Waals surface area contributed by atoms with Crippen LogP contribution in [-0.4, -0.2) is 65.9 Å². The van der Waals surface area contributed by atoms with E-state index in [9.17, 15) is 14.3 Å². The van der Waals surface area contributed by atoms with Crippen LogP contribution in [0.4, 0.5) is 9.18 Å². The summed E-state index contributed by atoms with van der Waals surface area (Å²) in [5, 5.41) is 9.30. The van der Waals surface area contributed by atoms with Crippen molar-refractivity contribution in [2.45, 2.75) is 26.4 Å². The molecule has 24 heavy (non-hydrogen) atoms. The molecule has 0 radical (unpaired) electrons. The highest BCUT2D eigenvalue weighted by atomic mass is 19.1. The lowest BCUT2D eigenvalue weighted by molar-refractivity contribution is 0.0136. The number of phenols is 1. The lowest BCUT2D eigenvalue weighted by atomic mass is 10.2. The molecule has 0 aliphatic carbocycles. The molecule has 0 atom stereocenters. The summed E-state index contributed by atoms with van der Waals surface area (Å²) in [6, 6.07) is 4.29. The van der Waals surface area contributed by atoms with Gasteiger partial charge in [0.15, 0.2) is 11.5 Å². The first-order chi connectivity index (χ1) is 11.3. The molecule has 0 saturated carbocycles. The van der Waals surface area contributed by atoms with Crippen molar-refractivity contribution < 1.29 is 23.8 Å². The quantitative estimate of drug-likeness (QED) is 0.912. The minimum Gasteiger partial charge on any atom is -0.505 e. The first-order valence-corrected chi connectivity index (χ1v) is 8.07. The molecule has 0 unspecified atom stereocenters. The zero-order valence-corrected chi connectivity index (χ0v) is 14.4. The number of halogens is 1. The van der Waals surface area contributed by atoms with E-state index in [-0.39, 0.29) is 11.8 Å². The van der Waals surface area contributed by atoms with Crippen LogP contribution in [0.2, 0.25) is 0 Å². The molecule has 1 N–H and O–H groups in total. The Morgan fingerprint density at radius 3 is 2.54 bits per heavy atom. The third-order valence-electron chi connectivity index (χ3n) is 3.63. The number of rotatable bonds is 4. The van der Waals surface area contributed by atoms with Gasteiger partial charge in [0.25, 0.3) is 0 Å². The molecular weight excluding hydrogens is 315 g/mol. The molecule has 1 saturated heterocycles. The molecule has 1 fully saturated rings. The van der Waals surface area contributed by atoms with Gasteiger partial charge in [-0.2, -0.15) is 4.39 Å². The average molecular weight is 340 g/mol. The minimum atomic E-state index is -0.743. The van der Waals surface area contributed by atoms with Gasteiger partial charge in [-0.3, -0.25) is 4.90 Å². The summed E-state index contributed by atoms with van der Waals surface area (Å²) in [6.07, 6.45) is -0.291. The van der Waals surface area contributed by atoms with E-state index in [2.05, 4.69) is 4.90 Å². The van der Waals surface area contributed by atoms with Gasteiger partial charge in [0.1, 0.15) is 12.2 Å². The van der Waals surface area contributed by atoms with Gasteiger partial charge in [-0.15, -0.1) is 0 Å². The number of piperazine rings is 1. The molecule has 6 nitrogen and oxygen atoms in total. The van der Waals surface area contributed by atoms with E-state index in [0.717, 1.165) is 0 Å². The molecule has 2 rings (SSSR count). The van der Waals surface area contributed by atoms with Crippen molar-refractivity contribution in [1.29, 1.82) is 0 Å². The topological polar surface area (TPSA) is 62.2 Å². The van der Waals surface area contributed by atoms with Crippen LogP contribution in [0.5, 0.6) is 11.5 Å². The highest BCUT2D eigenvalue weighted by molar-refractivity contribution is 5.68. The molecule has 134 valence electrons. The van der Waals surface area contributed by atoms with Crippen LogP contribution in [0.25, 0.3) is 0 Å². The second kappa shape index (κ2) is 7.70. The minimum absolute atomic E-state index is 0.0439. The maximum atomic E-state index is 13.6. The largest absolute Gasteiger partial charge is 0.505 e. The number of benzene rings is 1. The highest BCUT2D eigenvalue weighted by Gasteiger charge is 2.25. The van der Waals surface area contributed by atoms with Crippen molar-refractivity contribution in [2.75, 3.05) is 39.3 Å². The number of hydrogen-bond acceptors (Lipinski definition) is 5. The monoisotopic (exact) mass is 340 g/mol. The van der Waals surface area contributed by atoms with E-state index in [1.165, 1.54) is 18.2 Å². The van der Waals surface area contributed by atoms with Crippen LogP contribution < -0.4 is 4.74 Å². The zero-order chi connectivity index (χ0) is 17.7. The van der Waals surface area contributed by atoms with Gasteiger partial charge >= 0.3 is 6.09 Å². The number of hydrogen-bond donors (Lipinski definition) is 1. The fourth-order valence-corrected chi connectivity index (χ4v) is 2.38. The highest BCUT2D eigenvalue weighted by Crippen LogP contribution is 2.24. The average Bonchev–Trinajstić information content (AvgIpc) is 2.50. The number of carbonyl (C=O) groups is 1. The number of phenolic OH excluding ortho intramolecular Hbond substituents is 1. The Hall–Kier alpha value is -2.02. The third-order valence-corrected chi connectivity index (χ3v) is 3.63. The molecule has 1 aromatic carbocycles. The first kappa shape index (κ1) is 18.3. The maximum Gasteiger partial charge on any atom is 0.410 e. The van der Waals surface area contributed by atoms with Crippen LogP contribution in [0.3, 0.4) is 0 Å². The molecule has 0 bridgehead atoms. The predicted molar refractivity (Wildman–Crippen MR) is 87.8 cm³/mol. The molecule has 1 amide bonds. The maximum absolute atomic E-state index is 13.6. The molecular formula is C17H25FN2O4. The van der Waals surface area contributed by atoms with E-state index < -0.39 is 17.2 Å². The van der Waals surface area contributed by atoms with Gasteiger partial charge in [-0.25, -0.2) is 4.79 Å². The normalized spacial score (nSPS) is 16.1. The van der Waals surface area contributed by atoms with Gasteiger partial charge in [0.05, 0.1) is 0 Å². The van der Waals surface area contributed by atoms with Crippen molar-refractivity contribution in [1.82, 2.24) is 9.80 Å². The van der Waals surface area contributed by atoms with Crippen LogP contribution in [-0.2, 0) is 4.74 Å². The van der Waals surface area contributed by atoms with Crippen LogP contribution in [0.15, 0.2) is 18.2 Å². The van der Waals surface area contributed by atoms with Crippen LogP contribution in [0.1, 0.15) is 20.8 Å². The van der Waals surface area contributed by atoms with Crippen LogP contribution in [0, 0.1) is 5.82 Å². The fourth-order valence-electron chi connectivity index (χ4n) is 2.38. The van der Waals surface area contributed by atoms with Gasteiger partial charge in [-0.1, -0.05) is 6.07 Å². The number of amides is 1. The van der Waals surface area contributed by atoms with E-state index in [1.807, 2.05) is 20.8 Å². The van der Waals surface area contributed by atoms with Crippen molar-refractivity contribution in [3.8, 4) is 11.5 Å². The standard InChI is InChI=1S/C17H25FN2O4/c1-17(2,3)24-16(22)20-9-7-19(8-10-20)11-12-23-14-6-4-5-13(21)15(14)18/h4-6,21H,7-12H2,1-3H3. The summed E-state index contributed by atoms with van der Waals surface area (Å²) in [5.41, 5.74) is -0.493. The Balaban J connectivity index is 1.72. The van der Waals surface area contributed by atoms with Gasteiger partial charge in [0.2, 0.25) is 5.82 Å². The van der Waals surface area contributed by atoms with E-state index in [1.54, 1.807) is 4.90 Å². The lowest BCUT2D eigenvalue weighted by Crippen LogP contribution is -2.50. The lowest BCUT2D eigenvalue weighted by Gasteiger charge is -2.35. The fraction of sp³-hybridized carbons (Fsp3) is 0.588. The molecule has 0 aromatic heterocycles. The first-order valence-electron chi connectivity index (χ1n) is 8.07. The van der Waals surface area contributed by atoms with E-state index >= 15 is 0 Å². The number of ether oxygens (including phenoxy) is 2. The molecule has 7 heteroatoms. The summed E-state index contributed by atoms with van der Waals surface area (Å²) in [7, 11) is 0. The molecule has 1 aliphatic heterocycles. The van der Waals surface area contributed by atoms with Gasteiger partial charge < -0.3 is 19.5 Å². The summed E-state index contributed by atoms with van der Waals surface area (Å²) >= 11 is 0. The number of aromatic hydroxyl groups is 1. The molecule has 1 aliphatic rings. The van der Waals surface area contributed by atoms with E-state index in [4.69, 9.17) is 9.47 Å². The number of nitrogens with zero attached hydrogens (tertiary/aromatic N) is 2. The van der Waals surface area contributed by atoms with Crippen LogP contribution >= 0.6 is 0 Å². The second-order valence-electron chi connectivity index (χ2n) is 6.75. The Morgan fingerprint density at radius 2 is 1.92 bits per heavy atom. The summed E-state index contributed by atoms with van der Waals surface area (Å²) in [6.45, 7) is 9.09. The zero-order valence-electron chi connectivity index (χ0n) is 14.4. The van der Waals surface area contributed by atoms with E-state index in [0.29, 0.717) is 39.3 Å². The smallest absolute Gasteiger partial charge is 0.410 e. The Morgan fingerprint density at radius 1 is 1.25 bits per heavy atom. The Kier molecular flexibility index (Phi) is 5.88. The van der Waals surface area contributed by atoms with Gasteiger partial charge in [-0.05, 0) is 32.9 Å². The third kappa shape index (κ3) is 5.26. The summed E-state index contributed by atoms with van der Waals surface area (Å²) in [4.78, 5) is 15.8. The van der Waals surface area contributed by atoms with Gasteiger partial charge in [0, 0.05) is 32.7 Å². The Bertz CT molecular complexity index is 566. The number of carbonyl (C=O) groups excluding carboxylic acids is 1. The molecule has 1 aromatic rings. The summed E-state index contributed by atoms with van der Waals surface area (Å²) in [5.74, 6) is -1.12. The molecule has 1 heterocycles. The van der Waals surface area contributed by atoms with Crippen molar-refractivity contribution in [3.63, 3.8) is 0 Å². The molecule has 0 spiro atoms. The second-order valence-corrected chi connectivity index (χ2v) is 6.75. The Labute approximate surface area is 141 Å².